The first-order valence-corrected chi connectivity index (χ1v) is 8.48. The van der Waals surface area contributed by atoms with Crippen molar-refractivity contribution in [3.63, 3.8) is 0 Å². The number of fused-ring (bicyclic) bond motifs is 1. The molecular weight excluding hydrogens is 338 g/mol. The SMILES string of the molecule is CC(=O)NC1C(OCc2ccc3ccccc3c2)OC(CO)C(O)C1O. The van der Waals surface area contributed by atoms with Crippen molar-refractivity contribution in [2.24, 2.45) is 0 Å². The highest BCUT2D eigenvalue weighted by Crippen LogP contribution is 2.24. The summed E-state index contributed by atoms with van der Waals surface area (Å²) in [4.78, 5) is 11.4. The van der Waals surface area contributed by atoms with E-state index < -0.39 is 37.3 Å². The molecule has 0 spiro atoms. The number of ether oxygens (including phenoxy) is 2. The molecule has 140 valence electrons. The molecule has 1 heterocycles. The van der Waals surface area contributed by atoms with Gasteiger partial charge in [0.2, 0.25) is 5.91 Å². The zero-order valence-electron chi connectivity index (χ0n) is 14.4. The minimum absolute atomic E-state index is 0.187. The maximum Gasteiger partial charge on any atom is 0.217 e. The molecule has 2 aromatic rings. The Hall–Kier alpha value is -2.03. The highest BCUT2D eigenvalue weighted by Gasteiger charge is 2.45. The fraction of sp³-hybridized carbons (Fsp3) is 0.421. The second-order valence-corrected chi connectivity index (χ2v) is 6.43. The van der Waals surface area contributed by atoms with Gasteiger partial charge in [0.1, 0.15) is 24.4 Å². The minimum Gasteiger partial charge on any atom is -0.394 e. The molecule has 1 amide bonds. The minimum atomic E-state index is -1.32. The first-order chi connectivity index (χ1) is 12.5. The molecule has 0 saturated carbocycles. The van der Waals surface area contributed by atoms with Crippen molar-refractivity contribution in [2.75, 3.05) is 6.61 Å². The lowest BCUT2D eigenvalue weighted by Crippen LogP contribution is -2.64. The molecule has 1 aliphatic heterocycles. The summed E-state index contributed by atoms with van der Waals surface area (Å²) in [7, 11) is 0. The maximum absolute atomic E-state index is 11.4. The van der Waals surface area contributed by atoms with Gasteiger partial charge in [-0.2, -0.15) is 0 Å². The molecule has 1 aliphatic rings. The summed E-state index contributed by atoms with van der Waals surface area (Å²) >= 11 is 0. The molecule has 3 rings (SSSR count). The van der Waals surface area contributed by atoms with E-state index in [1.807, 2.05) is 42.5 Å². The number of aliphatic hydroxyl groups is 3. The van der Waals surface area contributed by atoms with Gasteiger partial charge in [0.15, 0.2) is 6.29 Å². The number of hydrogen-bond donors (Lipinski definition) is 4. The maximum atomic E-state index is 11.4. The van der Waals surface area contributed by atoms with E-state index in [1.165, 1.54) is 6.92 Å². The summed E-state index contributed by atoms with van der Waals surface area (Å²) in [5.74, 6) is -0.383. The monoisotopic (exact) mass is 361 g/mol. The molecule has 2 aromatic carbocycles. The number of hydrogen-bond acceptors (Lipinski definition) is 6. The van der Waals surface area contributed by atoms with E-state index in [0.717, 1.165) is 16.3 Å². The zero-order valence-corrected chi connectivity index (χ0v) is 14.4. The van der Waals surface area contributed by atoms with Crippen LogP contribution in [0.5, 0.6) is 0 Å². The van der Waals surface area contributed by atoms with Crippen LogP contribution in [-0.2, 0) is 20.9 Å². The van der Waals surface area contributed by atoms with E-state index in [1.54, 1.807) is 0 Å². The number of rotatable bonds is 5. The van der Waals surface area contributed by atoms with Gasteiger partial charge in [-0.1, -0.05) is 36.4 Å². The van der Waals surface area contributed by atoms with Gasteiger partial charge in [0.25, 0.3) is 0 Å². The molecule has 4 N–H and O–H groups in total. The van der Waals surface area contributed by atoms with Crippen LogP contribution in [0.1, 0.15) is 12.5 Å². The average molecular weight is 361 g/mol. The van der Waals surface area contributed by atoms with Crippen molar-refractivity contribution < 1.29 is 29.6 Å². The first kappa shape index (κ1) is 18.8. The normalized spacial score (nSPS) is 28.8. The van der Waals surface area contributed by atoms with Gasteiger partial charge < -0.3 is 30.1 Å². The van der Waals surface area contributed by atoms with Crippen LogP contribution in [0.2, 0.25) is 0 Å². The Labute approximate surface area is 151 Å². The van der Waals surface area contributed by atoms with Crippen molar-refractivity contribution in [1.29, 1.82) is 0 Å². The van der Waals surface area contributed by atoms with E-state index in [9.17, 15) is 20.1 Å². The quantitative estimate of drug-likeness (QED) is 0.610. The molecule has 0 bridgehead atoms. The number of amides is 1. The predicted molar refractivity (Wildman–Crippen MR) is 94.1 cm³/mol. The third kappa shape index (κ3) is 4.03. The third-order valence-corrected chi connectivity index (χ3v) is 4.48. The van der Waals surface area contributed by atoms with Crippen LogP contribution < -0.4 is 5.32 Å². The highest BCUT2D eigenvalue weighted by molar-refractivity contribution is 5.82. The predicted octanol–water partition coefficient (Wildman–Crippen LogP) is 0.300. The van der Waals surface area contributed by atoms with Crippen molar-refractivity contribution in [2.45, 2.75) is 44.2 Å². The Morgan fingerprint density at radius 3 is 2.58 bits per heavy atom. The van der Waals surface area contributed by atoms with Crippen LogP contribution >= 0.6 is 0 Å². The molecule has 0 radical (unpaired) electrons. The molecule has 0 aliphatic carbocycles. The zero-order chi connectivity index (χ0) is 18.7. The lowest BCUT2D eigenvalue weighted by molar-refractivity contribution is -0.273. The molecule has 5 atom stereocenters. The summed E-state index contributed by atoms with van der Waals surface area (Å²) in [6, 6.07) is 12.9. The first-order valence-electron chi connectivity index (χ1n) is 8.48. The number of aliphatic hydroxyl groups excluding tert-OH is 3. The second-order valence-electron chi connectivity index (χ2n) is 6.43. The van der Waals surface area contributed by atoms with Gasteiger partial charge in [-0.25, -0.2) is 0 Å². The number of nitrogens with one attached hydrogen (secondary N) is 1. The summed E-state index contributed by atoms with van der Waals surface area (Å²) in [6.45, 7) is 1.02. The topological polar surface area (TPSA) is 108 Å². The second kappa shape index (κ2) is 8.11. The van der Waals surface area contributed by atoms with E-state index in [0.29, 0.717) is 0 Å². The Balaban J connectivity index is 1.74. The van der Waals surface area contributed by atoms with E-state index in [4.69, 9.17) is 9.47 Å². The Morgan fingerprint density at radius 1 is 1.15 bits per heavy atom. The van der Waals surface area contributed by atoms with Crippen molar-refractivity contribution in [3.05, 3.63) is 48.0 Å². The summed E-state index contributed by atoms with van der Waals surface area (Å²) < 4.78 is 11.3. The molecule has 1 saturated heterocycles. The molecular formula is C19H23NO6. The number of carbonyl (C=O) groups is 1. The van der Waals surface area contributed by atoms with Crippen LogP contribution in [0.4, 0.5) is 0 Å². The van der Waals surface area contributed by atoms with Gasteiger partial charge in [-0.3, -0.25) is 4.79 Å². The smallest absolute Gasteiger partial charge is 0.217 e. The molecule has 7 heteroatoms. The number of carbonyl (C=O) groups excluding carboxylic acids is 1. The molecule has 26 heavy (non-hydrogen) atoms. The van der Waals surface area contributed by atoms with Gasteiger partial charge >= 0.3 is 0 Å². The van der Waals surface area contributed by atoms with Crippen LogP contribution in [0.15, 0.2) is 42.5 Å². The van der Waals surface area contributed by atoms with Gasteiger partial charge in [0.05, 0.1) is 13.2 Å². The van der Waals surface area contributed by atoms with Crippen LogP contribution in [-0.4, -0.2) is 58.5 Å². The Morgan fingerprint density at radius 2 is 1.88 bits per heavy atom. The van der Waals surface area contributed by atoms with E-state index in [-0.39, 0.29) is 12.5 Å². The lowest BCUT2D eigenvalue weighted by atomic mass is 9.97. The Bertz CT molecular complexity index is 767. The van der Waals surface area contributed by atoms with Crippen LogP contribution in [0.25, 0.3) is 10.8 Å². The number of benzene rings is 2. The van der Waals surface area contributed by atoms with E-state index in [2.05, 4.69) is 5.32 Å². The largest absolute Gasteiger partial charge is 0.394 e. The van der Waals surface area contributed by atoms with Crippen LogP contribution in [0, 0.1) is 0 Å². The fourth-order valence-electron chi connectivity index (χ4n) is 3.12. The molecule has 0 aromatic heterocycles. The van der Waals surface area contributed by atoms with Gasteiger partial charge in [-0.05, 0) is 22.4 Å². The third-order valence-electron chi connectivity index (χ3n) is 4.48. The Kier molecular flexibility index (Phi) is 5.85. The average Bonchev–Trinajstić information content (AvgIpc) is 2.64. The van der Waals surface area contributed by atoms with Crippen molar-refractivity contribution in [1.82, 2.24) is 5.32 Å². The molecule has 7 nitrogen and oxygen atoms in total. The molecule has 5 unspecified atom stereocenters. The molecule has 1 fully saturated rings. The standard InChI is InChI=1S/C19H23NO6/c1-11(22)20-16-18(24)17(23)15(9-21)26-19(16)25-10-12-6-7-13-4-2-3-5-14(13)8-12/h2-8,15-19,21,23-24H,9-10H2,1H3,(H,20,22). The van der Waals surface area contributed by atoms with Crippen LogP contribution in [0.3, 0.4) is 0 Å². The summed E-state index contributed by atoms with van der Waals surface area (Å²) in [5.41, 5.74) is 0.898. The summed E-state index contributed by atoms with van der Waals surface area (Å²) in [5, 5.41) is 34.3. The lowest BCUT2D eigenvalue weighted by Gasteiger charge is -2.42. The van der Waals surface area contributed by atoms with Gasteiger partial charge in [-0.15, -0.1) is 0 Å². The van der Waals surface area contributed by atoms with Crippen molar-refractivity contribution in [3.8, 4) is 0 Å². The van der Waals surface area contributed by atoms with E-state index >= 15 is 0 Å². The summed E-state index contributed by atoms with van der Waals surface area (Å²) in [6.07, 6.45) is -4.62. The highest BCUT2D eigenvalue weighted by atomic mass is 16.7. The fourth-order valence-corrected chi connectivity index (χ4v) is 3.12. The van der Waals surface area contributed by atoms with Crippen molar-refractivity contribution >= 4 is 16.7 Å². The van der Waals surface area contributed by atoms with Gasteiger partial charge in [0, 0.05) is 6.92 Å².